The Hall–Kier alpha value is -1.88. The third kappa shape index (κ3) is 3.40. The Morgan fingerprint density at radius 2 is 1.93 bits per heavy atom. The van der Waals surface area contributed by atoms with Gasteiger partial charge >= 0.3 is 0 Å². The third-order valence-electron chi connectivity index (χ3n) is 2.05. The van der Waals surface area contributed by atoms with E-state index in [4.69, 9.17) is 5.26 Å². The lowest BCUT2D eigenvalue weighted by Gasteiger charge is -1.97. The van der Waals surface area contributed by atoms with E-state index in [9.17, 15) is 4.79 Å². The van der Waals surface area contributed by atoms with E-state index in [1.807, 2.05) is 32.0 Å². The van der Waals surface area contributed by atoms with Crippen molar-refractivity contribution in [3.05, 3.63) is 41.5 Å². The average Bonchev–Trinajstić information content (AvgIpc) is 2.26. The minimum absolute atomic E-state index is 0.0274. The normalized spacial score (nSPS) is 10.5. The summed E-state index contributed by atoms with van der Waals surface area (Å²) in [6.07, 6.45) is 3.34. The molecule has 0 saturated carbocycles. The molecule has 0 atom stereocenters. The van der Waals surface area contributed by atoms with Gasteiger partial charge in [0.05, 0.1) is 11.6 Å². The second kappa shape index (κ2) is 5.11. The van der Waals surface area contributed by atoms with Crippen LogP contribution in [0.15, 0.2) is 30.3 Å². The van der Waals surface area contributed by atoms with Crippen molar-refractivity contribution in [2.24, 2.45) is 5.92 Å². The van der Waals surface area contributed by atoms with Crippen LogP contribution in [0.25, 0.3) is 6.08 Å². The molecule has 0 unspecified atom stereocenters. The molecule has 0 bridgehead atoms. The highest BCUT2D eigenvalue weighted by Crippen LogP contribution is 2.06. The zero-order valence-corrected chi connectivity index (χ0v) is 8.90. The molecule has 1 aromatic rings. The SMILES string of the molecule is CC(C)C(=O)/C=C/c1ccc(C#N)cc1. The molecule has 0 aromatic heterocycles. The van der Waals surface area contributed by atoms with Gasteiger partial charge in [-0.1, -0.05) is 32.1 Å². The molecule has 0 aliphatic carbocycles. The van der Waals surface area contributed by atoms with Crippen molar-refractivity contribution in [2.45, 2.75) is 13.8 Å². The van der Waals surface area contributed by atoms with Crippen LogP contribution in [0.3, 0.4) is 0 Å². The molecule has 0 amide bonds. The Bertz CT molecular complexity index is 407. The summed E-state index contributed by atoms with van der Waals surface area (Å²) in [5, 5.41) is 8.60. The summed E-state index contributed by atoms with van der Waals surface area (Å²) in [6, 6.07) is 9.16. The van der Waals surface area contributed by atoms with Gasteiger partial charge in [0.25, 0.3) is 0 Å². The summed E-state index contributed by atoms with van der Waals surface area (Å²) in [5.74, 6) is 0.138. The van der Waals surface area contributed by atoms with Gasteiger partial charge in [-0.15, -0.1) is 0 Å². The molecule has 15 heavy (non-hydrogen) atoms. The Kier molecular flexibility index (Phi) is 3.82. The average molecular weight is 199 g/mol. The van der Waals surface area contributed by atoms with Crippen molar-refractivity contribution in [1.29, 1.82) is 5.26 Å². The fourth-order valence-electron chi connectivity index (χ4n) is 1.04. The van der Waals surface area contributed by atoms with E-state index in [0.717, 1.165) is 5.56 Å². The number of nitriles is 1. The van der Waals surface area contributed by atoms with Crippen LogP contribution in [0.5, 0.6) is 0 Å². The molecular formula is C13H13NO. The number of benzene rings is 1. The first-order valence-corrected chi connectivity index (χ1v) is 4.85. The van der Waals surface area contributed by atoms with Crippen LogP contribution in [-0.2, 0) is 4.79 Å². The van der Waals surface area contributed by atoms with Gasteiger partial charge < -0.3 is 0 Å². The Labute approximate surface area is 89.9 Å². The lowest BCUT2D eigenvalue weighted by Crippen LogP contribution is -2.01. The minimum Gasteiger partial charge on any atom is -0.295 e. The largest absolute Gasteiger partial charge is 0.295 e. The number of carbonyl (C=O) groups is 1. The van der Waals surface area contributed by atoms with Crippen LogP contribution in [0.1, 0.15) is 25.0 Å². The summed E-state index contributed by atoms with van der Waals surface area (Å²) in [5.41, 5.74) is 1.56. The van der Waals surface area contributed by atoms with E-state index < -0.39 is 0 Å². The standard InChI is InChI=1S/C13H13NO/c1-10(2)13(15)8-7-11-3-5-12(9-14)6-4-11/h3-8,10H,1-2H3/b8-7+. The third-order valence-corrected chi connectivity index (χ3v) is 2.05. The van der Waals surface area contributed by atoms with Gasteiger partial charge in [0, 0.05) is 5.92 Å². The first kappa shape index (κ1) is 11.2. The van der Waals surface area contributed by atoms with E-state index >= 15 is 0 Å². The zero-order chi connectivity index (χ0) is 11.3. The van der Waals surface area contributed by atoms with Gasteiger partial charge in [-0.2, -0.15) is 5.26 Å². The molecule has 2 nitrogen and oxygen atoms in total. The molecule has 0 N–H and O–H groups in total. The van der Waals surface area contributed by atoms with E-state index in [2.05, 4.69) is 0 Å². The molecule has 1 aromatic carbocycles. The molecule has 0 aliphatic heterocycles. The van der Waals surface area contributed by atoms with Crippen LogP contribution in [0, 0.1) is 17.2 Å². The first-order chi connectivity index (χ1) is 7.13. The van der Waals surface area contributed by atoms with E-state index in [0.29, 0.717) is 5.56 Å². The maximum absolute atomic E-state index is 11.3. The number of hydrogen-bond acceptors (Lipinski definition) is 2. The van der Waals surface area contributed by atoms with Crippen LogP contribution in [0.2, 0.25) is 0 Å². The van der Waals surface area contributed by atoms with E-state index in [-0.39, 0.29) is 11.7 Å². The number of carbonyl (C=O) groups excluding carboxylic acids is 1. The van der Waals surface area contributed by atoms with Gasteiger partial charge in [-0.3, -0.25) is 4.79 Å². The highest BCUT2D eigenvalue weighted by Gasteiger charge is 2.01. The van der Waals surface area contributed by atoms with E-state index in [1.165, 1.54) is 0 Å². The second-order valence-electron chi connectivity index (χ2n) is 3.62. The summed E-state index contributed by atoms with van der Waals surface area (Å²) in [6.45, 7) is 3.73. The van der Waals surface area contributed by atoms with Crippen molar-refractivity contribution in [3.8, 4) is 6.07 Å². The summed E-state index contributed by atoms with van der Waals surface area (Å²) < 4.78 is 0. The van der Waals surface area contributed by atoms with Crippen LogP contribution in [0.4, 0.5) is 0 Å². The maximum atomic E-state index is 11.3. The summed E-state index contributed by atoms with van der Waals surface area (Å²) >= 11 is 0. The van der Waals surface area contributed by atoms with E-state index in [1.54, 1.807) is 24.3 Å². The molecule has 0 fully saturated rings. The van der Waals surface area contributed by atoms with Gasteiger partial charge in [0.1, 0.15) is 0 Å². The Morgan fingerprint density at radius 3 is 2.40 bits per heavy atom. The van der Waals surface area contributed by atoms with Crippen molar-refractivity contribution in [3.63, 3.8) is 0 Å². The van der Waals surface area contributed by atoms with Gasteiger partial charge in [-0.25, -0.2) is 0 Å². The number of allylic oxidation sites excluding steroid dienone is 1. The number of ketones is 1. The fraction of sp³-hybridized carbons (Fsp3) is 0.231. The smallest absolute Gasteiger partial charge is 0.158 e. The predicted molar refractivity (Wildman–Crippen MR) is 60.0 cm³/mol. The monoisotopic (exact) mass is 199 g/mol. The second-order valence-corrected chi connectivity index (χ2v) is 3.62. The quantitative estimate of drug-likeness (QED) is 0.702. The predicted octanol–water partition coefficient (Wildman–Crippen LogP) is 2.80. The summed E-state index contributed by atoms with van der Waals surface area (Å²) in [7, 11) is 0. The maximum Gasteiger partial charge on any atom is 0.158 e. The van der Waals surface area contributed by atoms with Gasteiger partial charge in [0.15, 0.2) is 5.78 Å². The first-order valence-electron chi connectivity index (χ1n) is 4.85. The molecule has 0 heterocycles. The van der Waals surface area contributed by atoms with Crippen molar-refractivity contribution in [1.82, 2.24) is 0 Å². The van der Waals surface area contributed by atoms with Crippen molar-refractivity contribution >= 4 is 11.9 Å². The number of nitrogens with zero attached hydrogens (tertiary/aromatic N) is 1. The molecule has 0 saturated heterocycles. The van der Waals surface area contributed by atoms with Crippen LogP contribution in [-0.4, -0.2) is 5.78 Å². The zero-order valence-electron chi connectivity index (χ0n) is 8.90. The highest BCUT2D eigenvalue weighted by molar-refractivity contribution is 5.94. The Balaban J connectivity index is 2.74. The topological polar surface area (TPSA) is 40.9 Å². The molecular weight excluding hydrogens is 186 g/mol. The van der Waals surface area contributed by atoms with Crippen LogP contribution < -0.4 is 0 Å². The fourth-order valence-corrected chi connectivity index (χ4v) is 1.04. The molecule has 0 aliphatic rings. The lowest BCUT2D eigenvalue weighted by molar-refractivity contribution is -0.117. The van der Waals surface area contributed by atoms with Gasteiger partial charge in [-0.05, 0) is 23.8 Å². The number of hydrogen-bond donors (Lipinski definition) is 0. The lowest BCUT2D eigenvalue weighted by atomic mass is 10.1. The number of rotatable bonds is 3. The molecule has 0 radical (unpaired) electrons. The van der Waals surface area contributed by atoms with Crippen molar-refractivity contribution in [2.75, 3.05) is 0 Å². The Morgan fingerprint density at radius 1 is 1.33 bits per heavy atom. The molecule has 0 spiro atoms. The molecule has 1 rings (SSSR count). The van der Waals surface area contributed by atoms with Gasteiger partial charge in [0.2, 0.25) is 0 Å². The molecule has 2 heteroatoms. The molecule has 76 valence electrons. The van der Waals surface area contributed by atoms with Crippen molar-refractivity contribution < 1.29 is 4.79 Å². The minimum atomic E-state index is 0.0274. The van der Waals surface area contributed by atoms with Crippen LogP contribution >= 0.6 is 0 Å². The summed E-state index contributed by atoms with van der Waals surface area (Å²) in [4.78, 5) is 11.3. The highest BCUT2D eigenvalue weighted by atomic mass is 16.1.